The zero-order valence-corrected chi connectivity index (χ0v) is 13.8. The molecule has 1 heterocycles. The van der Waals surface area contributed by atoms with Crippen LogP contribution >= 0.6 is 22.9 Å². The third kappa shape index (κ3) is 3.87. The quantitative estimate of drug-likeness (QED) is 0.902. The number of likely N-dealkylation sites (N-methyl/N-ethyl adjacent to an activating group) is 1. The molecular weight excluding hydrogens is 322 g/mol. The predicted octanol–water partition coefficient (Wildman–Crippen LogP) is 3.80. The summed E-state index contributed by atoms with van der Waals surface area (Å²) in [6.45, 7) is 1.96. The molecule has 1 aromatic carbocycles. The van der Waals surface area contributed by atoms with E-state index in [9.17, 15) is 9.59 Å². The van der Waals surface area contributed by atoms with Gasteiger partial charge in [0.15, 0.2) is 0 Å². The number of amides is 1. The van der Waals surface area contributed by atoms with Crippen molar-refractivity contribution in [1.82, 2.24) is 4.90 Å². The van der Waals surface area contributed by atoms with Gasteiger partial charge in [0.05, 0.1) is 4.88 Å². The molecule has 2 aromatic rings. The Kier molecular flexibility index (Phi) is 5.21. The van der Waals surface area contributed by atoms with E-state index in [-0.39, 0.29) is 16.8 Å². The molecule has 1 unspecified atom stereocenters. The first-order chi connectivity index (χ1) is 10.4. The van der Waals surface area contributed by atoms with Crippen molar-refractivity contribution in [3.8, 4) is 0 Å². The van der Waals surface area contributed by atoms with Crippen molar-refractivity contribution in [2.75, 3.05) is 7.05 Å². The number of thiophene rings is 1. The van der Waals surface area contributed by atoms with Gasteiger partial charge in [-0.3, -0.25) is 4.79 Å². The number of benzene rings is 1. The second kappa shape index (κ2) is 6.94. The van der Waals surface area contributed by atoms with Gasteiger partial charge < -0.3 is 10.0 Å². The van der Waals surface area contributed by atoms with E-state index in [1.165, 1.54) is 6.07 Å². The van der Waals surface area contributed by atoms with Gasteiger partial charge in [0.1, 0.15) is 4.88 Å². The molecule has 4 nitrogen and oxygen atoms in total. The molecule has 0 spiro atoms. The van der Waals surface area contributed by atoms with E-state index in [4.69, 9.17) is 16.7 Å². The number of carboxylic acid groups (broad SMARTS) is 1. The monoisotopic (exact) mass is 337 g/mol. The average molecular weight is 338 g/mol. The summed E-state index contributed by atoms with van der Waals surface area (Å²) in [6, 6.07) is 10.5. The highest BCUT2D eigenvalue weighted by Crippen LogP contribution is 2.20. The molecule has 0 radical (unpaired) electrons. The van der Waals surface area contributed by atoms with E-state index in [0.29, 0.717) is 16.3 Å². The summed E-state index contributed by atoms with van der Waals surface area (Å²) in [6.07, 6.45) is 0.705. The smallest absolute Gasteiger partial charge is 0.345 e. The molecule has 1 aromatic heterocycles. The summed E-state index contributed by atoms with van der Waals surface area (Å²) in [5.74, 6) is -1.18. The molecule has 22 heavy (non-hydrogen) atoms. The van der Waals surface area contributed by atoms with Crippen LogP contribution in [0.3, 0.4) is 0 Å². The molecule has 0 aliphatic carbocycles. The second-order valence-corrected chi connectivity index (χ2v) is 6.58. The van der Waals surface area contributed by atoms with Gasteiger partial charge >= 0.3 is 5.97 Å². The maximum absolute atomic E-state index is 12.4. The molecular formula is C16H16ClNO3S. The number of rotatable bonds is 5. The Balaban J connectivity index is 2.05. The van der Waals surface area contributed by atoms with Crippen LogP contribution in [0.5, 0.6) is 0 Å². The highest BCUT2D eigenvalue weighted by molar-refractivity contribution is 7.15. The largest absolute Gasteiger partial charge is 0.477 e. The predicted molar refractivity (Wildman–Crippen MR) is 88.0 cm³/mol. The van der Waals surface area contributed by atoms with Gasteiger partial charge in [0.2, 0.25) is 0 Å². The van der Waals surface area contributed by atoms with Crippen LogP contribution in [-0.2, 0) is 6.42 Å². The van der Waals surface area contributed by atoms with Crippen LogP contribution in [-0.4, -0.2) is 35.0 Å². The topological polar surface area (TPSA) is 57.6 Å². The lowest BCUT2D eigenvalue weighted by molar-refractivity contribution is 0.0701. The van der Waals surface area contributed by atoms with Crippen molar-refractivity contribution in [2.45, 2.75) is 19.4 Å². The lowest BCUT2D eigenvalue weighted by Crippen LogP contribution is -2.36. The van der Waals surface area contributed by atoms with E-state index in [0.717, 1.165) is 16.9 Å². The number of carbonyl (C=O) groups excluding carboxylic acids is 1. The number of nitrogens with zero attached hydrogens (tertiary/aromatic N) is 1. The number of halogens is 1. The normalized spacial score (nSPS) is 12.0. The highest BCUT2D eigenvalue weighted by Gasteiger charge is 2.20. The summed E-state index contributed by atoms with van der Waals surface area (Å²) in [7, 11) is 1.73. The van der Waals surface area contributed by atoms with Crippen LogP contribution in [0.2, 0.25) is 5.02 Å². The van der Waals surface area contributed by atoms with Crippen LogP contribution < -0.4 is 0 Å². The Morgan fingerprint density at radius 2 is 1.77 bits per heavy atom. The molecule has 0 saturated carbocycles. The summed E-state index contributed by atoms with van der Waals surface area (Å²) >= 11 is 6.85. The van der Waals surface area contributed by atoms with E-state index >= 15 is 0 Å². The summed E-state index contributed by atoms with van der Waals surface area (Å²) in [4.78, 5) is 25.5. The van der Waals surface area contributed by atoms with Gasteiger partial charge in [0, 0.05) is 18.1 Å². The lowest BCUT2D eigenvalue weighted by Gasteiger charge is -2.24. The number of carboxylic acids is 1. The molecule has 0 fully saturated rings. The number of carbonyl (C=O) groups is 2. The third-order valence-electron chi connectivity index (χ3n) is 3.45. The SMILES string of the molecule is CC(Cc1ccc(Cl)cc1)N(C)C(=O)c1ccc(C(=O)O)s1. The molecule has 0 bridgehead atoms. The minimum absolute atomic E-state index is 0.0101. The first-order valence-electron chi connectivity index (χ1n) is 6.73. The van der Waals surface area contributed by atoms with E-state index < -0.39 is 5.97 Å². The van der Waals surface area contributed by atoms with E-state index in [1.54, 1.807) is 18.0 Å². The van der Waals surface area contributed by atoms with Gasteiger partial charge in [0.25, 0.3) is 5.91 Å². The van der Waals surface area contributed by atoms with Crippen molar-refractivity contribution in [3.05, 3.63) is 56.7 Å². The Hall–Kier alpha value is -1.85. The van der Waals surface area contributed by atoms with E-state index in [1.807, 2.05) is 31.2 Å². The fourth-order valence-electron chi connectivity index (χ4n) is 2.04. The molecule has 1 N–H and O–H groups in total. The fourth-order valence-corrected chi connectivity index (χ4v) is 2.99. The molecule has 1 amide bonds. The Morgan fingerprint density at radius 3 is 2.32 bits per heavy atom. The molecule has 0 aliphatic rings. The zero-order valence-electron chi connectivity index (χ0n) is 12.2. The lowest BCUT2D eigenvalue weighted by atomic mass is 10.1. The summed E-state index contributed by atoms with van der Waals surface area (Å²) in [5, 5.41) is 9.60. The van der Waals surface area contributed by atoms with Crippen LogP contribution in [0.1, 0.15) is 31.8 Å². The molecule has 6 heteroatoms. The van der Waals surface area contributed by atoms with Gasteiger partial charge in [-0.15, -0.1) is 11.3 Å². The Morgan fingerprint density at radius 1 is 1.18 bits per heavy atom. The van der Waals surface area contributed by atoms with Crippen molar-refractivity contribution in [2.24, 2.45) is 0 Å². The maximum atomic E-state index is 12.4. The third-order valence-corrected chi connectivity index (χ3v) is 4.77. The van der Waals surface area contributed by atoms with Crippen molar-refractivity contribution in [3.63, 3.8) is 0 Å². The molecule has 2 rings (SSSR count). The van der Waals surface area contributed by atoms with Gasteiger partial charge in [-0.1, -0.05) is 23.7 Å². The zero-order chi connectivity index (χ0) is 16.3. The van der Waals surface area contributed by atoms with Gasteiger partial charge in [-0.25, -0.2) is 4.79 Å². The first-order valence-corrected chi connectivity index (χ1v) is 7.92. The second-order valence-electron chi connectivity index (χ2n) is 5.06. The first kappa shape index (κ1) is 16.5. The highest BCUT2D eigenvalue weighted by atomic mass is 35.5. The number of hydrogen-bond donors (Lipinski definition) is 1. The number of hydrogen-bond acceptors (Lipinski definition) is 3. The van der Waals surface area contributed by atoms with Crippen LogP contribution in [0, 0.1) is 0 Å². The Bertz CT molecular complexity index is 681. The molecule has 0 aliphatic heterocycles. The summed E-state index contributed by atoms with van der Waals surface area (Å²) < 4.78 is 0. The maximum Gasteiger partial charge on any atom is 0.345 e. The standard InChI is InChI=1S/C16H16ClNO3S/c1-10(9-11-3-5-12(17)6-4-11)18(2)15(19)13-7-8-14(22-13)16(20)21/h3-8,10H,9H2,1-2H3,(H,20,21). The van der Waals surface area contributed by atoms with Crippen molar-refractivity contribution < 1.29 is 14.7 Å². The fraction of sp³-hybridized carbons (Fsp3) is 0.250. The minimum Gasteiger partial charge on any atom is -0.477 e. The minimum atomic E-state index is -1.01. The van der Waals surface area contributed by atoms with Crippen LogP contribution in [0.15, 0.2) is 36.4 Å². The van der Waals surface area contributed by atoms with Crippen LogP contribution in [0.4, 0.5) is 0 Å². The number of aromatic carboxylic acids is 1. The molecule has 0 saturated heterocycles. The van der Waals surface area contributed by atoms with Crippen molar-refractivity contribution in [1.29, 1.82) is 0 Å². The van der Waals surface area contributed by atoms with E-state index in [2.05, 4.69) is 0 Å². The summed E-state index contributed by atoms with van der Waals surface area (Å²) in [5.41, 5.74) is 1.09. The van der Waals surface area contributed by atoms with Crippen molar-refractivity contribution >= 4 is 34.8 Å². The van der Waals surface area contributed by atoms with Gasteiger partial charge in [-0.2, -0.15) is 0 Å². The molecule has 1 atom stereocenters. The molecule has 116 valence electrons. The Labute approximate surface area is 137 Å². The average Bonchev–Trinajstić information content (AvgIpc) is 2.98. The van der Waals surface area contributed by atoms with Crippen LogP contribution in [0.25, 0.3) is 0 Å². The van der Waals surface area contributed by atoms with Gasteiger partial charge in [-0.05, 0) is 43.2 Å².